The predicted molar refractivity (Wildman–Crippen MR) is 92.9 cm³/mol. The summed E-state index contributed by atoms with van der Waals surface area (Å²) in [6, 6.07) is 4.94. The van der Waals surface area contributed by atoms with Gasteiger partial charge in [-0.15, -0.1) is 0 Å². The molecule has 9 nitrogen and oxygen atoms in total. The molecule has 3 heterocycles. The van der Waals surface area contributed by atoms with E-state index in [9.17, 15) is 9.59 Å². The first kappa shape index (κ1) is 17.9. The van der Waals surface area contributed by atoms with Crippen LogP contribution in [0, 0.1) is 0 Å². The van der Waals surface area contributed by atoms with Crippen LogP contribution in [-0.2, 0) is 4.74 Å². The van der Waals surface area contributed by atoms with Crippen LogP contribution in [0.4, 0.5) is 5.82 Å². The zero-order valence-corrected chi connectivity index (χ0v) is 14.6. The lowest BCUT2D eigenvalue weighted by atomic mass is 10.2. The fraction of sp³-hybridized carbons (Fsp3) is 0.412. The van der Waals surface area contributed by atoms with Gasteiger partial charge in [0.05, 0.1) is 12.9 Å². The Balaban J connectivity index is 1.56. The third kappa shape index (κ3) is 4.17. The average Bonchev–Trinajstić information content (AvgIpc) is 3.22. The van der Waals surface area contributed by atoms with E-state index in [2.05, 4.69) is 15.3 Å². The topological polar surface area (TPSA) is 101 Å². The van der Waals surface area contributed by atoms with Crippen LogP contribution >= 0.6 is 0 Å². The van der Waals surface area contributed by atoms with Crippen LogP contribution in [0.25, 0.3) is 0 Å². The molecule has 1 aliphatic rings. The monoisotopic (exact) mass is 359 g/mol. The molecule has 2 amide bonds. The molecule has 0 spiro atoms. The first-order valence-electron chi connectivity index (χ1n) is 8.36. The Kier molecular flexibility index (Phi) is 5.80. The molecule has 2 aromatic heterocycles. The molecule has 0 aliphatic carbocycles. The molecular weight excluding hydrogens is 338 g/mol. The van der Waals surface area contributed by atoms with Gasteiger partial charge in [0, 0.05) is 45.9 Å². The van der Waals surface area contributed by atoms with Crippen molar-refractivity contribution in [1.29, 1.82) is 0 Å². The Morgan fingerprint density at radius 2 is 1.92 bits per heavy atom. The van der Waals surface area contributed by atoms with Gasteiger partial charge in [-0.3, -0.25) is 9.59 Å². The summed E-state index contributed by atoms with van der Waals surface area (Å²) < 4.78 is 10.1. The predicted octanol–water partition coefficient (Wildman–Crippen LogP) is 0.726. The summed E-state index contributed by atoms with van der Waals surface area (Å²) in [7, 11) is 1.62. The minimum Gasteiger partial charge on any atom is -0.459 e. The molecule has 0 aromatic carbocycles. The van der Waals surface area contributed by atoms with E-state index in [-0.39, 0.29) is 11.8 Å². The summed E-state index contributed by atoms with van der Waals surface area (Å²) in [6.45, 7) is 2.93. The van der Waals surface area contributed by atoms with E-state index in [4.69, 9.17) is 9.15 Å². The Morgan fingerprint density at radius 3 is 2.58 bits per heavy atom. The summed E-state index contributed by atoms with van der Waals surface area (Å²) >= 11 is 0. The highest BCUT2D eigenvalue weighted by molar-refractivity contribution is 5.94. The Bertz CT molecular complexity index is 741. The van der Waals surface area contributed by atoms with E-state index < -0.39 is 0 Å². The standard InChI is InChI=1S/C17H21N5O4/c1-25-10-4-18-15-11-13(19-12-20-15)16(23)21-5-7-22(8-6-21)17(24)14-3-2-9-26-14/h2-3,9,11-12H,4-8,10H2,1H3,(H,18,19,20). The molecule has 9 heteroatoms. The SMILES string of the molecule is COCCNc1cc(C(=O)N2CCN(C(=O)c3ccco3)CC2)ncn1. The second kappa shape index (κ2) is 8.43. The highest BCUT2D eigenvalue weighted by Gasteiger charge is 2.27. The van der Waals surface area contributed by atoms with Gasteiger partial charge in [0.25, 0.3) is 11.8 Å². The van der Waals surface area contributed by atoms with Gasteiger partial charge in [-0.25, -0.2) is 9.97 Å². The molecule has 0 bridgehead atoms. The number of nitrogens with one attached hydrogen (secondary N) is 1. The lowest BCUT2D eigenvalue weighted by Crippen LogP contribution is -2.50. The fourth-order valence-corrected chi connectivity index (χ4v) is 2.68. The minimum atomic E-state index is -0.174. The number of methoxy groups -OCH3 is 1. The van der Waals surface area contributed by atoms with Gasteiger partial charge in [0.15, 0.2) is 5.76 Å². The molecule has 0 radical (unpaired) electrons. The van der Waals surface area contributed by atoms with Gasteiger partial charge in [0.2, 0.25) is 0 Å². The number of anilines is 1. The third-order valence-corrected chi connectivity index (χ3v) is 4.08. The highest BCUT2D eigenvalue weighted by Crippen LogP contribution is 2.12. The molecule has 1 fully saturated rings. The van der Waals surface area contributed by atoms with E-state index in [1.54, 1.807) is 35.1 Å². The zero-order chi connectivity index (χ0) is 18.4. The van der Waals surface area contributed by atoms with Crippen LogP contribution < -0.4 is 5.32 Å². The maximum absolute atomic E-state index is 12.6. The number of hydrogen-bond donors (Lipinski definition) is 1. The van der Waals surface area contributed by atoms with Crippen molar-refractivity contribution in [2.45, 2.75) is 0 Å². The van der Waals surface area contributed by atoms with E-state index >= 15 is 0 Å². The van der Waals surface area contributed by atoms with Crippen molar-refractivity contribution >= 4 is 17.6 Å². The van der Waals surface area contributed by atoms with Crippen molar-refractivity contribution in [1.82, 2.24) is 19.8 Å². The van der Waals surface area contributed by atoms with Gasteiger partial charge in [0.1, 0.15) is 17.8 Å². The number of carbonyl (C=O) groups is 2. The number of amides is 2. The van der Waals surface area contributed by atoms with Crippen molar-refractivity contribution in [2.75, 3.05) is 51.8 Å². The molecular formula is C17H21N5O4. The van der Waals surface area contributed by atoms with Crippen LogP contribution in [0.2, 0.25) is 0 Å². The third-order valence-electron chi connectivity index (χ3n) is 4.08. The summed E-state index contributed by atoms with van der Waals surface area (Å²) in [5, 5.41) is 3.07. The summed E-state index contributed by atoms with van der Waals surface area (Å²) in [5.41, 5.74) is 0.325. The van der Waals surface area contributed by atoms with Crippen molar-refractivity contribution in [3.8, 4) is 0 Å². The fourth-order valence-electron chi connectivity index (χ4n) is 2.68. The molecule has 1 aliphatic heterocycles. The molecule has 138 valence electrons. The quantitative estimate of drug-likeness (QED) is 0.759. The number of piperazine rings is 1. The van der Waals surface area contributed by atoms with E-state index in [1.165, 1.54) is 12.6 Å². The van der Waals surface area contributed by atoms with Crippen LogP contribution in [0.15, 0.2) is 35.2 Å². The van der Waals surface area contributed by atoms with Gasteiger partial charge < -0.3 is 24.3 Å². The van der Waals surface area contributed by atoms with Gasteiger partial charge in [-0.05, 0) is 12.1 Å². The van der Waals surface area contributed by atoms with E-state index in [0.29, 0.717) is 56.6 Å². The Labute approximate surface area is 151 Å². The number of furan rings is 1. The number of nitrogens with zero attached hydrogens (tertiary/aromatic N) is 4. The smallest absolute Gasteiger partial charge is 0.289 e. The maximum Gasteiger partial charge on any atom is 0.289 e. The van der Waals surface area contributed by atoms with Crippen molar-refractivity contribution in [3.63, 3.8) is 0 Å². The summed E-state index contributed by atoms with van der Waals surface area (Å²) in [5.74, 6) is 0.556. The van der Waals surface area contributed by atoms with E-state index in [0.717, 1.165) is 0 Å². The molecule has 1 N–H and O–H groups in total. The van der Waals surface area contributed by atoms with Crippen molar-refractivity contribution in [3.05, 3.63) is 42.2 Å². The van der Waals surface area contributed by atoms with Crippen molar-refractivity contribution < 1.29 is 18.7 Å². The first-order chi connectivity index (χ1) is 12.7. The van der Waals surface area contributed by atoms with E-state index in [1.807, 2.05) is 0 Å². The highest BCUT2D eigenvalue weighted by atomic mass is 16.5. The molecule has 0 saturated carbocycles. The number of rotatable bonds is 6. The van der Waals surface area contributed by atoms with Crippen LogP contribution in [0.1, 0.15) is 21.0 Å². The first-order valence-corrected chi connectivity index (χ1v) is 8.36. The van der Waals surface area contributed by atoms with Gasteiger partial charge >= 0.3 is 0 Å². The second-order valence-corrected chi connectivity index (χ2v) is 5.77. The molecule has 3 rings (SSSR count). The largest absolute Gasteiger partial charge is 0.459 e. The minimum absolute atomic E-state index is 0.159. The summed E-state index contributed by atoms with van der Waals surface area (Å²) in [6.07, 6.45) is 2.83. The lowest BCUT2D eigenvalue weighted by molar-refractivity contribution is 0.0515. The van der Waals surface area contributed by atoms with Crippen LogP contribution in [-0.4, -0.2) is 78.0 Å². The number of ether oxygens (including phenoxy) is 1. The number of carbonyl (C=O) groups excluding carboxylic acids is 2. The van der Waals surface area contributed by atoms with Crippen LogP contribution in [0.5, 0.6) is 0 Å². The number of hydrogen-bond acceptors (Lipinski definition) is 7. The van der Waals surface area contributed by atoms with Crippen molar-refractivity contribution in [2.24, 2.45) is 0 Å². The zero-order valence-electron chi connectivity index (χ0n) is 14.6. The molecule has 2 aromatic rings. The molecule has 0 atom stereocenters. The maximum atomic E-state index is 12.6. The lowest BCUT2D eigenvalue weighted by Gasteiger charge is -2.34. The molecule has 0 unspecified atom stereocenters. The van der Waals surface area contributed by atoms with Gasteiger partial charge in [-0.2, -0.15) is 0 Å². The molecule has 26 heavy (non-hydrogen) atoms. The normalized spacial score (nSPS) is 14.3. The summed E-state index contributed by atoms with van der Waals surface area (Å²) in [4.78, 5) is 36.4. The Morgan fingerprint density at radius 1 is 1.19 bits per heavy atom. The average molecular weight is 359 g/mol. The Hall–Kier alpha value is -2.94. The number of aromatic nitrogens is 2. The van der Waals surface area contributed by atoms with Crippen LogP contribution in [0.3, 0.4) is 0 Å². The molecule has 1 saturated heterocycles. The second-order valence-electron chi connectivity index (χ2n) is 5.77. The van der Waals surface area contributed by atoms with Gasteiger partial charge in [-0.1, -0.05) is 0 Å².